The van der Waals surface area contributed by atoms with Gasteiger partial charge in [0.1, 0.15) is 5.01 Å². The maximum absolute atomic E-state index is 11.8. The van der Waals surface area contributed by atoms with Gasteiger partial charge in [0.15, 0.2) is 0 Å². The van der Waals surface area contributed by atoms with E-state index < -0.39 is 6.10 Å². The van der Waals surface area contributed by atoms with E-state index in [4.69, 9.17) is 0 Å². The highest BCUT2D eigenvalue weighted by Crippen LogP contribution is 2.19. The zero-order valence-electron chi connectivity index (χ0n) is 10.5. The number of nitrogens with zero attached hydrogens (tertiary/aromatic N) is 2. The van der Waals surface area contributed by atoms with Gasteiger partial charge in [0.2, 0.25) is 11.0 Å². The fourth-order valence-electron chi connectivity index (χ4n) is 1.59. The summed E-state index contributed by atoms with van der Waals surface area (Å²) in [5.41, 5.74) is 0.726. The lowest BCUT2D eigenvalue weighted by Gasteiger charge is -2.09. The standard InChI is InChI=1S/C13H15N3O2S/c1-2-12-15-16-13(19-12)14-11(18)8-10(17)9-6-4-3-5-7-9/h3-7,10,17H,2,8H2,1H3,(H,14,16,18). The van der Waals surface area contributed by atoms with Gasteiger partial charge in [-0.3, -0.25) is 4.79 Å². The van der Waals surface area contributed by atoms with Crippen LogP contribution in [-0.4, -0.2) is 21.2 Å². The first kappa shape index (κ1) is 13.6. The lowest BCUT2D eigenvalue weighted by atomic mass is 10.1. The maximum Gasteiger partial charge on any atom is 0.229 e. The minimum absolute atomic E-state index is 0.00501. The van der Waals surface area contributed by atoms with Crippen LogP contribution in [0.5, 0.6) is 0 Å². The number of hydrogen-bond acceptors (Lipinski definition) is 5. The highest BCUT2D eigenvalue weighted by atomic mass is 32.1. The van der Waals surface area contributed by atoms with Crippen LogP contribution >= 0.6 is 11.3 Å². The molecular weight excluding hydrogens is 262 g/mol. The number of benzene rings is 1. The Morgan fingerprint density at radius 3 is 2.74 bits per heavy atom. The summed E-state index contributed by atoms with van der Waals surface area (Å²) in [7, 11) is 0. The molecule has 0 aliphatic rings. The summed E-state index contributed by atoms with van der Waals surface area (Å²) < 4.78 is 0. The van der Waals surface area contributed by atoms with Crippen LogP contribution in [0.15, 0.2) is 30.3 Å². The molecule has 0 spiro atoms. The van der Waals surface area contributed by atoms with E-state index in [9.17, 15) is 9.90 Å². The summed E-state index contributed by atoms with van der Waals surface area (Å²) in [6.07, 6.45) is -0.00892. The SMILES string of the molecule is CCc1nnc(NC(=O)CC(O)c2ccccc2)s1. The summed E-state index contributed by atoms with van der Waals surface area (Å²) in [4.78, 5) is 11.8. The Morgan fingerprint density at radius 1 is 1.37 bits per heavy atom. The number of carbonyl (C=O) groups excluding carboxylic acids is 1. The number of hydrogen-bond donors (Lipinski definition) is 2. The highest BCUT2D eigenvalue weighted by molar-refractivity contribution is 7.15. The third-order valence-corrected chi connectivity index (χ3v) is 3.56. The van der Waals surface area contributed by atoms with E-state index in [-0.39, 0.29) is 12.3 Å². The van der Waals surface area contributed by atoms with E-state index in [1.807, 2.05) is 25.1 Å². The van der Waals surface area contributed by atoms with Crippen molar-refractivity contribution in [3.8, 4) is 0 Å². The number of carbonyl (C=O) groups is 1. The molecule has 0 bridgehead atoms. The second-order valence-corrected chi connectivity index (χ2v) is 5.10. The molecule has 5 nitrogen and oxygen atoms in total. The predicted octanol–water partition coefficient (Wildman–Crippen LogP) is 2.16. The zero-order valence-corrected chi connectivity index (χ0v) is 11.4. The first-order chi connectivity index (χ1) is 9.19. The second-order valence-electron chi connectivity index (χ2n) is 4.03. The molecule has 2 N–H and O–H groups in total. The molecule has 1 unspecified atom stereocenters. The largest absolute Gasteiger partial charge is 0.388 e. The number of aryl methyl sites for hydroxylation is 1. The summed E-state index contributed by atoms with van der Waals surface area (Å²) in [5.74, 6) is -0.268. The number of anilines is 1. The predicted molar refractivity (Wildman–Crippen MR) is 73.9 cm³/mol. The van der Waals surface area contributed by atoms with Crippen molar-refractivity contribution < 1.29 is 9.90 Å². The van der Waals surface area contributed by atoms with Crippen LogP contribution in [0.3, 0.4) is 0 Å². The minimum atomic E-state index is -0.806. The quantitative estimate of drug-likeness (QED) is 0.878. The van der Waals surface area contributed by atoms with Gasteiger partial charge in [0, 0.05) is 0 Å². The molecule has 2 aromatic rings. The van der Waals surface area contributed by atoms with Gasteiger partial charge in [-0.05, 0) is 12.0 Å². The first-order valence-corrected chi connectivity index (χ1v) is 6.86. The van der Waals surface area contributed by atoms with Crippen LogP contribution in [0.25, 0.3) is 0 Å². The van der Waals surface area contributed by atoms with Crippen molar-refractivity contribution in [2.45, 2.75) is 25.9 Å². The summed E-state index contributed by atoms with van der Waals surface area (Å²) in [6.45, 7) is 1.98. The van der Waals surface area contributed by atoms with E-state index in [2.05, 4.69) is 15.5 Å². The van der Waals surface area contributed by atoms with Gasteiger partial charge in [0.25, 0.3) is 0 Å². The number of aromatic nitrogens is 2. The lowest BCUT2D eigenvalue weighted by molar-refractivity contribution is -0.118. The first-order valence-electron chi connectivity index (χ1n) is 6.04. The number of amides is 1. The molecule has 0 saturated carbocycles. The molecule has 1 heterocycles. The second kappa shape index (κ2) is 6.40. The zero-order chi connectivity index (χ0) is 13.7. The van der Waals surface area contributed by atoms with E-state index in [1.54, 1.807) is 12.1 Å². The van der Waals surface area contributed by atoms with Crippen LogP contribution in [-0.2, 0) is 11.2 Å². The molecular formula is C13H15N3O2S. The van der Waals surface area contributed by atoms with E-state index >= 15 is 0 Å². The molecule has 1 atom stereocenters. The Morgan fingerprint density at radius 2 is 2.11 bits per heavy atom. The van der Waals surface area contributed by atoms with Crippen LogP contribution in [0.1, 0.15) is 30.0 Å². The average Bonchev–Trinajstić information content (AvgIpc) is 2.87. The van der Waals surface area contributed by atoms with E-state index in [0.717, 1.165) is 17.0 Å². The van der Waals surface area contributed by atoms with Crippen LogP contribution in [0.2, 0.25) is 0 Å². The lowest BCUT2D eigenvalue weighted by Crippen LogP contribution is -2.15. The number of aliphatic hydroxyl groups is 1. The smallest absolute Gasteiger partial charge is 0.229 e. The summed E-state index contributed by atoms with van der Waals surface area (Å²) in [5, 5.41) is 21.7. The van der Waals surface area contributed by atoms with Gasteiger partial charge in [-0.15, -0.1) is 10.2 Å². The Hall–Kier alpha value is -1.79. The molecule has 100 valence electrons. The van der Waals surface area contributed by atoms with Gasteiger partial charge in [-0.1, -0.05) is 48.6 Å². The van der Waals surface area contributed by atoms with Gasteiger partial charge < -0.3 is 10.4 Å². The third kappa shape index (κ3) is 3.84. The van der Waals surface area contributed by atoms with Crippen LogP contribution in [0, 0.1) is 0 Å². The number of aliphatic hydroxyl groups excluding tert-OH is 1. The highest BCUT2D eigenvalue weighted by Gasteiger charge is 2.14. The number of nitrogens with one attached hydrogen (secondary N) is 1. The van der Waals surface area contributed by atoms with Gasteiger partial charge >= 0.3 is 0 Å². The van der Waals surface area contributed by atoms with Gasteiger partial charge in [-0.2, -0.15) is 0 Å². The molecule has 1 aromatic heterocycles. The molecule has 0 aliphatic carbocycles. The molecule has 1 aromatic carbocycles. The Kier molecular flexibility index (Phi) is 4.59. The Bertz CT molecular complexity index is 542. The molecule has 19 heavy (non-hydrogen) atoms. The van der Waals surface area contributed by atoms with E-state index in [0.29, 0.717) is 5.13 Å². The summed E-state index contributed by atoms with van der Waals surface area (Å²) >= 11 is 1.35. The fourth-order valence-corrected chi connectivity index (χ4v) is 2.28. The Balaban J connectivity index is 1.91. The Labute approximate surface area is 115 Å². The van der Waals surface area contributed by atoms with Crippen molar-refractivity contribution in [2.75, 3.05) is 5.32 Å². The minimum Gasteiger partial charge on any atom is -0.388 e. The fraction of sp³-hybridized carbons (Fsp3) is 0.308. The summed E-state index contributed by atoms with van der Waals surface area (Å²) in [6, 6.07) is 9.10. The van der Waals surface area contributed by atoms with Crippen LogP contribution < -0.4 is 5.32 Å². The number of rotatable bonds is 5. The van der Waals surface area contributed by atoms with Gasteiger partial charge in [-0.25, -0.2) is 0 Å². The topological polar surface area (TPSA) is 75.1 Å². The molecule has 0 fully saturated rings. The maximum atomic E-state index is 11.8. The average molecular weight is 277 g/mol. The van der Waals surface area contributed by atoms with Crippen molar-refractivity contribution in [3.63, 3.8) is 0 Å². The van der Waals surface area contributed by atoms with E-state index in [1.165, 1.54) is 11.3 Å². The molecule has 1 amide bonds. The van der Waals surface area contributed by atoms with Crippen molar-refractivity contribution in [3.05, 3.63) is 40.9 Å². The van der Waals surface area contributed by atoms with Gasteiger partial charge in [0.05, 0.1) is 12.5 Å². The van der Waals surface area contributed by atoms with Crippen molar-refractivity contribution in [1.82, 2.24) is 10.2 Å². The van der Waals surface area contributed by atoms with Crippen molar-refractivity contribution in [1.29, 1.82) is 0 Å². The van der Waals surface area contributed by atoms with Crippen molar-refractivity contribution >= 4 is 22.4 Å². The molecule has 0 saturated heterocycles. The monoisotopic (exact) mass is 277 g/mol. The molecule has 2 rings (SSSR count). The molecule has 0 radical (unpaired) electrons. The normalized spacial score (nSPS) is 12.1. The molecule has 6 heteroatoms. The third-order valence-electron chi connectivity index (χ3n) is 2.58. The van der Waals surface area contributed by atoms with Crippen LogP contribution in [0.4, 0.5) is 5.13 Å². The van der Waals surface area contributed by atoms with Crippen molar-refractivity contribution in [2.24, 2.45) is 0 Å². The molecule has 0 aliphatic heterocycles.